The molecule has 8 atom stereocenters. The maximum Gasteiger partial charge on any atom is 0.248 e. The summed E-state index contributed by atoms with van der Waals surface area (Å²) in [5.74, 6) is -1.47. The molecule has 7 nitrogen and oxygen atoms in total. The number of aryl methyl sites for hydroxylation is 2. The lowest BCUT2D eigenvalue weighted by Gasteiger charge is -2.41. The van der Waals surface area contributed by atoms with Crippen molar-refractivity contribution >= 4 is 35.2 Å². The minimum absolute atomic E-state index is 0.00984. The molecule has 3 heterocycles. The maximum absolute atomic E-state index is 14.1. The normalized spacial score (nSPS) is 33.6. The number of carbonyl (C=O) groups is 3. The van der Waals surface area contributed by atoms with Crippen molar-refractivity contribution in [2.24, 2.45) is 23.7 Å². The number of likely N-dealkylation sites (tertiary alicyclic amines) is 1. The smallest absolute Gasteiger partial charge is 0.248 e. The fraction of sp³-hybridized carbons (Fsp3) is 0.654. The Morgan fingerprint density at radius 3 is 2.47 bits per heavy atom. The number of rotatable bonds is 7. The molecule has 3 saturated heterocycles. The first kappa shape index (κ1) is 25.0. The van der Waals surface area contributed by atoms with Gasteiger partial charge in [-0.2, -0.15) is 0 Å². The van der Waals surface area contributed by atoms with E-state index in [0.717, 1.165) is 29.7 Å². The van der Waals surface area contributed by atoms with Crippen molar-refractivity contribution in [2.45, 2.75) is 69.5 Å². The lowest BCUT2D eigenvalue weighted by Crippen LogP contribution is -2.58. The highest BCUT2D eigenvalue weighted by Gasteiger charge is 2.76. The van der Waals surface area contributed by atoms with E-state index in [1.165, 1.54) is 0 Å². The van der Waals surface area contributed by atoms with Gasteiger partial charge < -0.3 is 20.6 Å². The fourth-order valence-electron chi connectivity index (χ4n) is 6.60. The summed E-state index contributed by atoms with van der Waals surface area (Å²) >= 11 is 1.65. The van der Waals surface area contributed by atoms with Crippen LogP contribution in [0.2, 0.25) is 0 Å². The fourth-order valence-corrected chi connectivity index (χ4v) is 9.01. The summed E-state index contributed by atoms with van der Waals surface area (Å²) in [6.07, 6.45) is 1.56. The molecule has 1 spiro atoms. The van der Waals surface area contributed by atoms with E-state index in [1.54, 1.807) is 23.7 Å². The van der Waals surface area contributed by atoms with Crippen LogP contribution in [0.15, 0.2) is 18.2 Å². The SMILES string of the molecule is CC[C@H](C)[C@H](CO)N1C(=O)[C@@H]2[C@H](C(=O)NC)[C@@H]3CC(C)C2(S3)C1C(=O)Nc1c(C)cccc1C. The lowest BCUT2D eigenvalue weighted by molar-refractivity contribution is -0.143. The Balaban J connectivity index is 1.84. The number of aliphatic hydroxyl groups excluding tert-OH is 1. The number of anilines is 1. The van der Waals surface area contributed by atoms with E-state index in [4.69, 9.17) is 0 Å². The number of thioether (sulfide) groups is 1. The second-order valence-electron chi connectivity index (χ2n) is 10.3. The van der Waals surface area contributed by atoms with Gasteiger partial charge in [-0.15, -0.1) is 11.8 Å². The van der Waals surface area contributed by atoms with E-state index < -0.39 is 28.7 Å². The van der Waals surface area contributed by atoms with E-state index in [0.29, 0.717) is 0 Å². The summed E-state index contributed by atoms with van der Waals surface area (Å²) in [5, 5.41) is 16.3. The third kappa shape index (κ3) is 3.48. The van der Waals surface area contributed by atoms with Crippen molar-refractivity contribution in [3.05, 3.63) is 29.3 Å². The molecule has 0 radical (unpaired) electrons. The van der Waals surface area contributed by atoms with Gasteiger partial charge in [0, 0.05) is 18.0 Å². The summed E-state index contributed by atoms with van der Waals surface area (Å²) in [7, 11) is 1.60. The number of hydrogen-bond donors (Lipinski definition) is 3. The number of amides is 3. The molecule has 3 N–H and O–H groups in total. The zero-order chi connectivity index (χ0) is 24.9. The van der Waals surface area contributed by atoms with Crippen LogP contribution < -0.4 is 10.6 Å². The minimum Gasteiger partial charge on any atom is -0.394 e. The van der Waals surface area contributed by atoms with Crippen LogP contribution in [-0.4, -0.2) is 63.5 Å². The summed E-state index contributed by atoms with van der Waals surface area (Å²) in [5.41, 5.74) is 2.68. The van der Waals surface area contributed by atoms with Gasteiger partial charge in [0.25, 0.3) is 0 Å². The van der Waals surface area contributed by atoms with Gasteiger partial charge in [0.1, 0.15) is 6.04 Å². The van der Waals surface area contributed by atoms with E-state index >= 15 is 0 Å². The number of para-hydroxylation sites is 1. The molecule has 0 saturated carbocycles. The molecule has 0 aromatic heterocycles. The second-order valence-corrected chi connectivity index (χ2v) is 11.9. The number of nitrogens with one attached hydrogen (secondary N) is 2. The topological polar surface area (TPSA) is 98.7 Å². The zero-order valence-corrected chi connectivity index (χ0v) is 21.7. The Bertz CT molecular complexity index is 980. The van der Waals surface area contributed by atoms with Gasteiger partial charge in [-0.3, -0.25) is 14.4 Å². The first-order valence-corrected chi connectivity index (χ1v) is 13.2. The first-order valence-electron chi connectivity index (χ1n) is 12.3. The maximum atomic E-state index is 14.1. The Morgan fingerprint density at radius 2 is 1.91 bits per heavy atom. The van der Waals surface area contributed by atoms with Crippen LogP contribution in [0, 0.1) is 37.5 Å². The molecule has 1 aromatic carbocycles. The molecule has 4 rings (SSSR count). The minimum atomic E-state index is -0.755. The molecule has 3 unspecified atom stereocenters. The van der Waals surface area contributed by atoms with Gasteiger partial charge in [0.05, 0.1) is 29.2 Å². The Labute approximate surface area is 206 Å². The largest absolute Gasteiger partial charge is 0.394 e. The molecule has 8 heteroatoms. The molecule has 3 aliphatic rings. The van der Waals surface area contributed by atoms with Crippen molar-refractivity contribution < 1.29 is 19.5 Å². The van der Waals surface area contributed by atoms with Crippen LogP contribution in [0.4, 0.5) is 5.69 Å². The quantitative estimate of drug-likeness (QED) is 0.549. The van der Waals surface area contributed by atoms with Gasteiger partial charge in [-0.25, -0.2) is 0 Å². The van der Waals surface area contributed by atoms with Gasteiger partial charge in [-0.1, -0.05) is 45.4 Å². The highest BCUT2D eigenvalue weighted by molar-refractivity contribution is 8.02. The van der Waals surface area contributed by atoms with Crippen LogP contribution in [0.3, 0.4) is 0 Å². The molecule has 3 aliphatic heterocycles. The molecule has 3 amide bonds. The first-order chi connectivity index (χ1) is 16.1. The molecular formula is C26H37N3O4S. The standard InChI is InChI=1S/C26H37N3O4S/c1-7-13(2)17(12-30)29-22(24(32)28-21-14(3)9-8-10-15(21)4)26-16(5)11-18(34-26)19(23(31)27-6)20(26)25(29)33/h8-10,13,16-20,22,30H,7,11-12H2,1-6H3,(H,27,31)(H,28,32)/t13-,16?,17-,18-,19+,20-,22?,26?/m0/s1. The van der Waals surface area contributed by atoms with Crippen molar-refractivity contribution in [1.82, 2.24) is 10.2 Å². The Hall–Kier alpha value is -2.06. The van der Waals surface area contributed by atoms with Crippen LogP contribution >= 0.6 is 11.8 Å². The molecule has 1 aromatic rings. The Kier molecular flexibility index (Phi) is 6.77. The zero-order valence-electron chi connectivity index (χ0n) is 20.9. The van der Waals surface area contributed by atoms with Crippen molar-refractivity contribution in [1.29, 1.82) is 0 Å². The Morgan fingerprint density at radius 1 is 1.26 bits per heavy atom. The average molecular weight is 488 g/mol. The van der Waals surface area contributed by atoms with E-state index in [-0.39, 0.29) is 41.4 Å². The average Bonchev–Trinajstić information content (AvgIpc) is 3.40. The lowest BCUT2D eigenvalue weighted by atomic mass is 9.66. The van der Waals surface area contributed by atoms with E-state index in [2.05, 4.69) is 17.6 Å². The number of aliphatic hydroxyl groups is 1. The summed E-state index contributed by atoms with van der Waals surface area (Å²) in [6.45, 7) is 9.82. The molecule has 34 heavy (non-hydrogen) atoms. The number of nitrogens with zero attached hydrogens (tertiary/aromatic N) is 1. The van der Waals surface area contributed by atoms with Gasteiger partial charge in [0.15, 0.2) is 0 Å². The van der Waals surface area contributed by atoms with Crippen molar-refractivity contribution in [2.75, 3.05) is 19.0 Å². The number of fused-ring (bicyclic) bond motifs is 1. The summed E-state index contributed by atoms with van der Waals surface area (Å²) in [4.78, 5) is 42.8. The van der Waals surface area contributed by atoms with Crippen molar-refractivity contribution in [3.63, 3.8) is 0 Å². The highest BCUT2D eigenvalue weighted by atomic mass is 32.2. The van der Waals surface area contributed by atoms with Crippen LogP contribution in [0.1, 0.15) is 44.7 Å². The number of benzene rings is 1. The van der Waals surface area contributed by atoms with Gasteiger partial charge >= 0.3 is 0 Å². The predicted octanol–water partition coefficient (Wildman–Crippen LogP) is 2.73. The molecule has 0 aliphatic carbocycles. The second kappa shape index (κ2) is 9.19. The molecule has 2 bridgehead atoms. The van der Waals surface area contributed by atoms with Crippen LogP contribution in [0.5, 0.6) is 0 Å². The number of carbonyl (C=O) groups excluding carboxylic acids is 3. The monoisotopic (exact) mass is 487 g/mol. The summed E-state index contributed by atoms with van der Waals surface area (Å²) in [6, 6.07) is 4.63. The molecule has 3 fully saturated rings. The molecule has 186 valence electrons. The third-order valence-corrected chi connectivity index (χ3v) is 10.6. The van der Waals surface area contributed by atoms with Crippen LogP contribution in [-0.2, 0) is 14.4 Å². The summed E-state index contributed by atoms with van der Waals surface area (Å²) < 4.78 is -0.694. The number of hydrogen-bond acceptors (Lipinski definition) is 5. The third-order valence-electron chi connectivity index (χ3n) is 8.56. The van der Waals surface area contributed by atoms with Gasteiger partial charge in [0.2, 0.25) is 17.7 Å². The van der Waals surface area contributed by atoms with Gasteiger partial charge in [-0.05, 0) is 43.2 Å². The highest BCUT2D eigenvalue weighted by Crippen LogP contribution is 2.69. The predicted molar refractivity (Wildman–Crippen MR) is 134 cm³/mol. The van der Waals surface area contributed by atoms with Crippen LogP contribution in [0.25, 0.3) is 0 Å². The van der Waals surface area contributed by atoms with Crippen molar-refractivity contribution in [3.8, 4) is 0 Å². The molecular weight excluding hydrogens is 450 g/mol. The van der Waals surface area contributed by atoms with E-state index in [9.17, 15) is 19.5 Å². The van der Waals surface area contributed by atoms with E-state index in [1.807, 2.05) is 45.9 Å².